The van der Waals surface area contributed by atoms with Gasteiger partial charge in [0.05, 0.1) is 18.9 Å². The zero-order chi connectivity index (χ0) is 23.8. The van der Waals surface area contributed by atoms with E-state index in [1.807, 2.05) is 19.1 Å². The van der Waals surface area contributed by atoms with Gasteiger partial charge >= 0.3 is 5.97 Å². The molecule has 1 atom stereocenters. The first-order valence-corrected chi connectivity index (χ1v) is 10.5. The van der Waals surface area contributed by atoms with Crippen LogP contribution in [0, 0.1) is 6.92 Å². The summed E-state index contributed by atoms with van der Waals surface area (Å²) in [6.07, 6.45) is 0.683. The predicted molar refractivity (Wildman–Crippen MR) is 126 cm³/mol. The zero-order valence-corrected chi connectivity index (χ0v) is 19.1. The van der Waals surface area contributed by atoms with Gasteiger partial charge in [-0.3, -0.25) is 4.79 Å². The third-order valence-corrected chi connectivity index (χ3v) is 4.81. The van der Waals surface area contributed by atoms with E-state index >= 15 is 0 Å². The lowest BCUT2D eigenvalue weighted by molar-refractivity contribution is -0.127. The summed E-state index contributed by atoms with van der Waals surface area (Å²) in [5.74, 6) is 0.236. The molecule has 0 spiro atoms. The monoisotopic (exact) mass is 466 g/mol. The van der Waals surface area contributed by atoms with E-state index in [-0.39, 0.29) is 5.75 Å². The smallest absolute Gasteiger partial charge is 0.343 e. The van der Waals surface area contributed by atoms with Crippen LogP contribution in [0.4, 0.5) is 0 Å². The number of aryl methyl sites for hydroxylation is 1. The summed E-state index contributed by atoms with van der Waals surface area (Å²) >= 11 is 5.84. The number of hydrogen-bond acceptors (Lipinski definition) is 6. The highest BCUT2D eigenvalue weighted by molar-refractivity contribution is 6.30. The van der Waals surface area contributed by atoms with E-state index in [2.05, 4.69) is 10.5 Å². The molecule has 3 rings (SSSR count). The molecule has 0 saturated carbocycles. The van der Waals surface area contributed by atoms with Crippen molar-refractivity contribution in [2.75, 3.05) is 7.11 Å². The van der Waals surface area contributed by atoms with Crippen molar-refractivity contribution < 1.29 is 23.8 Å². The van der Waals surface area contributed by atoms with Crippen molar-refractivity contribution >= 4 is 29.7 Å². The highest BCUT2D eigenvalue weighted by atomic mass is 35.5. The van der Waals surface area contributed by atoms with Gasteiger partial charge in [-0.25, -0.2) is 10.2 Å². The van der Waals surface area contributed by atoms with Gasteiger partial charge in [0.25, 0.3) is 5.91 Å². The predicted octanol–water partition coefficient (Wildman–Crippen LogP) is 4.79. The lowest BCUT2D eigenvalue weighted by atomic mass is 10.1. The van der Waals surface area contributed by atoms with Crippen LogP contribution in [0.2, 0.25) is 5.02 Å². The Morgan fingerprint density at radius 2 is 1.70 bits per heavy atom. The van der Waals surface area contributed by atoms with Gasteiger partial charge in [-0.05, 0) is 74.0 Å². The first kappa shape index (κ1) is 23.8. The number of rotatable bonds is 8. The third-order valence-electron chi connectivity index (χ3n) is 4.56. The fourth-order valence-electron chi connectivity index (χ4n) is 2.73. The third kappa shape index (κ3) is 6.82. The average molecular weight is 467 g/mol. The normalized spacial score (nSPS) is 11.6. The molecular formula is C25H23ClN2O5. The van der Waals surface area contributed by atoms with E-state index in [1.165, 1.54) is 13.3 Å². The molecule has 0 heterocycles. The Labute approximate surface area is 196 Å². The molecule has 0 aromatic heterocycles. The quantitative estimate of drug-likeness (QED) is 0.223. The van der Waals surface area contributed by atoms with E-state index in [0.717, 1.165) is 5.56 Å². The summed E-state index contributed by atoms with van der Waals surface area (Å²) in [7, 11) is 1.47. The maximum Gasteiger partial charge on any atom is 0.343 e. The lowest BCUT2D eigenvalue weighted by Crippen LogP contribution is -2.33. The maximum absolute atomic E-state index is 12.4. The van der Waals surface area contributed by atoms with Crippen LogP contribution in [0.15, 0.2) is 71.8 Å². The van der Waals surface area contributed by atoms with Crippen LogP contribution >= 0.6 is 11.6 Å². The van der Waals surface area contributed by atoms with Crippen LogP contribution in [0.1, 0.15) is 28.4 Å². The number of halogens is 1. The number of benzene rings is 3. The largest absolute Gasteiger partial charge is 0.493 e. The number of nitrogens with zero attached hydrogens (tertiary/aromatic N) is 1. The van der Waals surface area contributed by atoms with E-state index < -0.39 is 18.0 Å². The van der Waals surface area contributed by atoms with Gasteiger partial charge in [-0.15, -0.1) is 0 Å². The molecule has 0 radical (unpaired) electrons. The molecule has 0 saturated heterocycles. The Kier molecular flexibility index (Phi) is 8.05. The topological polar surface area (TPSA) is 86.2 Å². The van der Waals surface area contributed by atoms with Gasteiger partial charge in [-0.2, -0.15) is 5.10 Å². The Hall–Kier alpha value is -3.84. The number of ether oxygens (including phenoxy) is 3. The summed E-state index contributed by atoms with van der Waals surface area (Å²) in [4.78, 5) is 24.6. The number of hydrogen-bond donors (Lipinski definition) is 1. The number of amides is 1. The van der Waals surface area contributed by atoms with Crippen LogP contribution in [0.3, 0.4) is 0 Å². The first-order chi connectivity index (χ1) is 15.9. The minimum absolute atomic E-state index is 0.272. The molecule has 1 N–H and O–H groups in total. The molecule has 0 bridgehead atoms. The molecule has 3 aromatic carbocycles. The number of methoxy groups -OCH3 is 1. The standard InChI is InChI=1S/C25H23ClN2O5/c1-16-4-7-19(8-5-16)25(30)33-22-13-6-18(14-23(22)31-3)15-27-28-24(29)17(2)32-21-11-9-20(26)10-12-21/h4-15,17H,1-3H3,(H,28,29). The van der Waals surface area contributed by atoms with Crippen molar-refractivity contribution in [2.45, 2.75) is 20.0 Å². The molecule has 0 aliphatic heterocycles. The van der Waals surface area contributed by atoms with Crippen LogP contribution in [0.25, 0.3) is 0 Å². The van der Waals surface area contributed by atoms with Crippen molar-refractivity contribution in [1.29, 1.82) is 0 Å². The highest BCUT2D eigenvalue weighted by Gasteiger charge is 2.15. The van der Waals surface area contributed by atoms with Crippen LogP contribution < -0.4 is 19.6 Å². The Morgan fingerprint density at radius 3 is 2.36 bits per heavy atom. The van der Waals surface area contributed by atoms with Crippen molar-refractivity contribution in [3.05, 3.63) is 88.4 Å². The number of carbonyl (C=O) groups is 2. The molecule has 0 fully saturated rings. The van der Waals surface area contributed by atoms with Gasteiger partial charge in [0.2, 0.25) is 0 Å². The number of nitrogens with one attached hydrogen (secondary N) is 1. The van der Waals surface area contributed by atoms with Gasteiger partial charge in [0.1, 0.15) is 5.75 Å². The molecule has 1 unspecified atom stereocenters. The molecule has 8 heteroatoms. The Balaban J connectivity index is 1.59. The first-order valence-electron chi connectivity index (χ1n) is 10.1. The van der Waals surface area contributed by atoms with Crippen LogP contribution in [0.5, 0.6) is 17.2 Å². The molecule has 3 aromatic rings. The lowest BCUT2D eigenvalue weighted by Gasteiger charge is -2.13. The second-order valence-corrected chi connectivity index (χ2v) is 7.55. The van der Waals surface area contributed by atoms with E-state index in [0.29, 0.717) is 27.6 Å². The molecular weight excluding hydrogens is 444 g/mol. The van der Waals surface area contributed by atoms with E-state index in [4.69, 9.17) is 25.8 Å². The molecule has 1 amide bonds. The van der Waals surface area contributed by atoms with Gasteiger partial charge in [0, 0.05) is 5.02 Å². The minimum Gasteiger partial charge on any atom is -0.493 e. The van der Waals surface area contributed by atoms with Crippen molar-refractivity contribution in [2.24, 2.45) is 5.10 Å². The summed E-state index contributed by atoms with van der Waals surface area (Å²) < 4.78 is 16.3. The van der Waals surface area contributed by atoms with Gasteiger partial charge < -0.3 is 14.2 Å². The SMILES string of the molecule is COc1cc(C=NNC(=O)C(C)Oc2ccc(Cl)cc2)ccc1OC(=O)c1ccc(C)cc1. The molecule has 0 aliphatic carbocycles. The second-order valence-electron chi connectivity index (χ2n) is 7.11. The average Bonchev–Trinajstić information content (AvgIpc) is 2.81. The number of hydrazone groups is 1. The molecule has 0 aliphatic rings. The van der Waals surface area contributed by atoms with E-state index in [9.17, 15) is 9.59 Å². The van der Waals surface area contributed by atoms with Crippen molar-refractivity contribution in [3.63, 3.8) is 0 Å². The van der Waals surface area contributed by atoms with E-state index in [1.54, 1.807) is 61.5 Å². The fraction of sp³-hybridized carbons (Fsp3) is 0.160. The summed E-state index contributed by atoms with van der Waals surface area (Å²) in [5.41, 5.74) is 4.54. The van der Waals surface area contributed by atoms with Crippen LogP contribution in [-0.4, -0.2) is 31.3 Å². The van der Waals surface area contributed by atoms with Gasteiger partial charge in [0.15, 0.2) is 17.6 Å². The zero-order valence-electron chi connectivity index (χ0n) is 18.4. The van der Waals surface area contributed by atoms with Crippen LogP contribution in [-0.2, 0) is 4.79 Å². The Bertz CT molecular complexity index is 1140. The van der Waals surface area contributed by atoms with Gasteiger partial charge in [-0.1, -0.05) is 29.3 Å². The summed E-state index contributed by atoms with van der Waals surface area (Å²) in [6, 6.07) is 18.7. The molecule has 7 nitrogen and oxygen atoms in total. The van der Waals surface area contributed by atoms with Crippen molar-refractivity contribution in [3.8, 4) is 17.2 Å². The minimum atomic E-state index is -0.763. The molecule has 33 heavy (non-hydrogen) atoms. The molecule has 170 valence electrons. The number of carbonyl (C=O) groups excluding carboxylic acids is 2. The Morgan fingerprint density at radius 1 is 1.00 bits per heavy atom. The fourth-order valence-corrected chi connectivity index (χ4v) is 2.86. The second kappa shape index (κ2) is 11.2. The summed E-state index contributed by atoms with van der Waals surface area (Å²) in [6.45, 7) is 3.55. The maximum atomic E-state index is 12.4. The highest BCUT2D eigenvalue weighted by Crippen LogP contribution is 2.28. The number of esters is 1. The van der Waals surface area contributed by atoms with Crippen molar-refractivity contribution in [1.82, 2.24) is 5.43 Å². The summed E-state index contributed by atoms with van der Waals surface area (Å²) in [5, 5.41) is 4.53.